The monoisotopic (exact) mass is 188 g/mol. The average molecular weight is 188 g/mol. The topological polar surface area (TPSA) is 9.23 Å². The second-order valence-electron chi connectivity index (χ2n) is 4.54. The summed E-state index contributed by atoms with van der Waals surface area (Å²) >= 11 is 0. The minimum Gasteiger partial charge on any atom is -0.497 e. The SMILES string of the molecule is COc1ccc2c(c1)C1CCC2CC1. The van der Waals surface area contributed by atoms with E-state index in [1.807, 2.05) is 0 Å². The number of hydrogen-bond donors (Lipinski definition) is 0. The molecule has 2 bridgehead atoms. The molecule has 1 aromatic rings. The molecule has 0 N–H and O–H groups in total. The minimum atomic E-state index is 0.824. The van der Waals surface area contributed by atoms with Gasteiger partial charge in [0.1, 0.15) is 5.75 Å². The molecule has 3 aliphatic carbocycles. The van der Waals surface area contributed by atoms with Crippen LogP contribution in [0.3, 0.4) is 0 Å². The van der Waals surface area contributed by atoms with E-state index in [1.165, 1.54) is 25.7 Å². The highest BCUT2D eigenvalue weighted by Gasteiger charge is 2.32. The fourth-order valence-electron chi connectivity index (χ4n) is 3.12. The van der Waals surface area contributed by atoms with E-state index in [1.54, 1.807) is 18.2 Å². The maximum absolute atomic E-state index is 5.29. The van der Waals surface area contributed by atoms with Crippen LogP contribution in [0.5, 0.6) is 5.75 Å². The third kappa shape index (κ3) is 1.08. The van der Waals surface area contributed by atoms with Crippen LogP contribution >= 0.6 is 0 Å². The van der Waals surface area contributed by atoms with Crippen molar-refractivity contribution in [3.63, 3.8) is 0 Å². The number of ether oxygens (including phenoxy) is 1. The van der Waals surface area contributed by atoms with Crippen LogP contribution in [0.1, 0.15) is 48.6 Å². The molecule has 1 fully saturated rings. The summed E-state index contributed by atoms with van der Waals surface area (Å²) in [5.41, 5.74) is 3.18. The summed E-state index contributed by atoms with van der Waals surface area (Å²) in [6.07, 6.45) is 5.60. The summed E-state index contributed by atoms with van der Waals surface area (Å²) in [5.74, 6) is 2.70. The van der Waals surface area contributed by atoms with Gasteiger partial charge in [0.15, 0.2) is 0 Å². The molecule has 0 heterocycles. The van der Waals surface area contributed by atoms with E-state index in [0.717, 1.165) is 17.6 Å². The lowest BCUT2D eigenvalue weighted by atomic mass is 9.67. The standard InChI is InChI=1S/C13H16O/c1-14-11-6-7-12-9-2-4-10(5-3-9)13(12)8-11/h6-10H,2-5H2,1H3. The number of hydrogen-bond acceptors (Lipinski definition) is 1. The first kappa shape index (κ1) is 8.34. The molecule has 0 saturated heterocycles. The van der Waals surface area contributed by atoms with Crippen molar-refractivity contribution >= 4 is 0 Å². The molecule has 0 atom stereocenters. The van der Waals surface area contributed by atoms with Crippen molar-refractivity contribution in [1.82, 2.24) is 0 Å². The van der Waals surface area contributed by atoms with Crippen molar-refractivity contribution in [3.05, 3.63) is 29.3 Å². The maximum atomic E-state index is 5.29. The smallest absolute Gasteiger partial charge is 0.119 e. The van der Waals surface area contributed by atoms with Gasteiger partial charge in [-0.25, -0.2) is 0 Å². The Morgan fingerprint density at radius 1 is 1.00 bits per heavy atom. The molecular weight excluding hydrogens is 172 g/mol. The minimum absolute atomic E-state index is 0.824. The lowest BCUT2D eigenvalue weighted by molar-refractivity contribution is 0.354. The van der Waals surface area contributed by atoms with Crippen molar-refractivity contribution in [2.45, 2.75) is 37.5 Å². The third-order valence-corrected chi connectivity index (χ3v) is 3.90. The van der Waals surface area contributed by atoms with Gasteiger partial charge in [-0.2, -0.15) is 0 Å². The van der Waals surface area contributed by atoms with E-state index in [-0.39, 0.29) is 0 Å². The van der Waals surface area contributed by atoms with Crippen molar-refractivity contribution in [2.24, 2.45) is 0 Å². The van der Waals surface area contributed by atoms with Gasteiger partial charge in [0, 0.05) is 0 Å². The Morgan fingerprint density at radius 2 is 1.64 bits per heavy atom. The second kappa shape index (κ2) is 3.01. The first-order valence-electron chi connectivity index (χ1n) is 5.56. The van der Waals surface area contributed by atoms with Crippen LogP contribution in [0.15, 0.2) is 18.2 Å². The number of benzene rings is 1. The summed E-state index contributed by atoms with van der Waals surface area (Å²) in [7, 11) is 1.75. The van der Waals surface area contributed by atoms with E-state index in [9.17, 15) is 0 Å². The second-order valence-corrected chi connectivity index (χ2v) is 4.54. The molecule has 0 aromatic heterocycles. The summed E-state index contributed by atoms with van der Waals surface area (Å²) in [5, 5.41) is 0. The normalized spacial score (nSPS) is 28.6. The average Bonchev–Trinajstić information content (AvgIpc) is 2.30. The molecule has 0 unspecified atom stereocenters. The Kier molecular flexibility index (Phi) is 1.79. The molecule has 3 aliphatic rings. The molecule has 74 valence electrons. The highest BCUT2D eigenvalue weighted by Crippen LogP contribution is 2.49. The van der Waals surface area contributed by atoms with Gasteiger partial charge in [0.25, 0.3) is 0 Å². The summed E-state index contributed by atoms with van der Waals surface area (Å²) in [4.78, 5) is 0. The number of rotatable bonds is 1. The molecule has 1 heteroatoms. The van der Waals surface area contributed by atoms with Crippen LogP contribution in [0.25, 0.3) is 0 Å². The molecule has 1 nitrogen and oxygen atoms in total. The fourth-order valence-corrected chi connectivity index (χ4v) is 3.12. The van der Waals surface area contributed by atoms with E-state index in [4.69, 9.17) is 4.74 Å². The Labute approximate surface area is 85.1 Å². The van der Waals surface area contributed by atoms with Gasteiger partial charge < -0.3 is 4.74 Å². The molecule has 0 spiro atoms. The molecule has 1 aromatic carbocycles. The van der Waals surface area contributed by atoms with Crippen LogP contribution < -0.4 is 4.74 Å². The van der Waals surface area contributed by atoms with E-state index >= 15 is 0 Å². The fraction of sp³-hybridized carbons (Fsp3) is 0.538. The molecule has 4 rings (SSSR count). The van der Waals surface area contributed by atoms with Crippen LogP contribution in [-0.4, -0.2) is 7.11 Å². The molecule has 14 heavy (non-hydrogen) atoms. The Bertz CT molecular complexity index is 348. The first-order valence-corrected chi connectivity index (χ1v) is 5.56. The molecule has 0 radical (unpaired) electrons. The van der Waals surface area contributed by atoms with E-state index in [0.29, 0.717) is 0 Å². The van der Waals surface area contributed by atoms with E-state index < -0.39 is 0 Å². The maximum Gasteiger partial charge on any atom is 0.119 e. The van der Waals surface area contributed by atoms with Gasteiger partial charge in [-0.1, -0.05) is 6.07 Å². The number of fused-ring (bicyclic) bond motifs is 2. The van der Waals surface area contributed by atoms with Crippen LogP contribution in [0.4, 0.5) is 0 Å². The highest BCUT2D eigenvalue weighted by atomic mass is 16.5. The largest absolute Gasteiger partial charge is 0.497 e. The Balaban J connectivity index is 2.11. The Morgan fingerprint density at radius 3 is 2.29 bits per heavy atom. The Hall–Kier alpha value is -0.980. The van der Waals surface area contributed by atoms with Crippen molar-refractivity contribution in [3.8, 4) is 5.75 Å². The summed E-state index contributed by atoms with van der Waals surface area (Å²) in [6, 6.07) is 6.65. The van der Waals surface area contributed by atoms with Crippen LogP contribution in [0.2, 0.25) is 0 Å². The van der Waals surface area contributed by atoms with Gasteiger partial charge in [0.2, 0.25) is 0 Å². The van der Waals surface area contributed by atoms with Crippen molar-refractivity contribution in [2.75, 3.05) is 7.11 Å². The summed E-state index contributed by atoms with van der Waals surface area (Å²) in [6.45, 7) is 0. The zero-order valence-electron chi connectivity index (χ0n) is 8.62. The predicted molar refractivity (Wildman–Crippen MR) is 56.9 cm³/mol. The summed E-state index contributed by atoms with van der Waals surface area (Å²) < 4.78 is 5.29. The van der Waals surface area contributed by atoms with Gasteiger partial charge in [0.05, 0.1) is 7.11 Å². The van der Waals surface area contributed by atoms with Crippen molar-refractivity contribution < 1.29 is 4.74 Å². The van der Waals surface area contributed by atoms with Gasteiger partial charge >= 0.3 is 0 Å². The van der Waals surface area contributed by atoms with Gasteiger partial charge in [-0.05, 0) is 60.8 Å². The third-order valence-electron chi connectivity index (χ3n) is 3.90. The van der Waals surface area contributed by atoms with Gasteiger partial charge in [-0.15, -0.1) is 0 Å². The van der Waals surface area contributed by atoms with Crippen LogP contribution in [0, 0.1) is 0 Å². The first-order chi connectivity index (χ1) is 6.88. The predicted octanol–water partition coefficient (Wildman–Crippen LogP) is 3.45. The quantitative estimate of drug-likeness (QED) is 0.656. The highest BCUT2D eigenvalue weighted by molar-refractivity contribution is 5.43. The lowest BCUT2D eigenvalue weighted by Gasteiger charge is -2.38. The van der Waals surface area contributed by atoms with Crippen LogP contribution in [-0.2, 0) is 0 Å². The zero-order chi connectivity index (χ0) is 9.54. The zero-order valence-corrected chi connectivity index (χ0v) is 8.62. The lowest BCUT2D eigenvalue weighted by Crippen LogP contribution is -2.21. The molecule has 0 amide bonds. The molecule has 0 aliphatic heterocycles. The van der Waals surface area contributed by atoms with E-state index in [2.05, 4.69) is 18.2 Å². The molecular formula is C13H16O. The molecule has 1 saturated carbocycles. The number of methoxy groups -OCH3 is 1. The van der Waals surface area contributed by atoms with Crippen molar-refractivity contribution in [1.29, 1.82) is 0 Å². The van der Waals surface area contributed by atoms with Gasteiger partial charge in [-0.3, -0.25) is 0 Å².